The molecule has 0 fully saturated rings. The van der Waals surface area contributed by atoms with Gasteiger partial charge in [-0.05, 0) is 35.9 Å². The van der Waals surface area contributed by atoms with Crippen molar-refractivity contribution >= 4 is 5.91 Å². The van der Waals surface area contributed by atoms with E-state index in [9.17, 15) is 9.18 Å². The summed E-state index contributed by atoms with van der Waals surface area (Å²) < 4.78 is 23.5. The van der Waals surface area contributed by atoms with Gasteiger partial charge in [0.25, 0.3) is 0 Å². The van der Waals surface area contributed by atoms with Crippen LogP contribution >= 0.6 is 0 Å². The summed E-state index contributed by atoms with van der Waals surface area (Å²) in [6, 6.07) is 10.7. The predicted octanol–water partition coefficient (Wildman–Crippen LogP) is 2.51. The molecular formula is C15H14FNO3. The zero-order valence-electron chi connectivity index (χ0n) is 10.9. The van der Waals surface area contributed by atoms with Gasteiger partial charge >= 0.3 is 0 Å². The van der Waals surface area contributed by atoms with Crippen molar-refractivity contribution in [3.63, 3.8) is 0 Å². The molecule has 2 rings (SSSR count). The molecule has 2 N–H and O–H groups in total. The summed E-state index contributed by atoms with van der Waals surface area (Å²) in [4.78, 5) is 11.1. The minimum atomic E-state index is -0.542. The smallest absolute Gasteiger partial charge is 0.248 e. The topological polar surface area (TPSA) is 61.5 Å². The van der Waals surface area contributed by atoms with Gasteiger partial charge in [-0.15, -0.1) is 0 Å². The second kappa shape index (κ2) is 6.06. The average molecular weight is 275 g/mol. The number of benzene rings is 2. The molecular weight excluding hydrogens is 261 g/mol. The third kappa shape index (κ3) is 3.26. The highest BCUT2D eigenvalue weighted by Gasteiger charge is 2.09. The number of halogens is 1. The lowest BCUT2D eigenvalue weighted by Crippen LogP contribution is -2.11. The molecule has 5 heteroatoms. The number of carbonyl (C=O) groups is 1. The van der Waals surface area contributed by atoms with Crippen LogP contribution in [-0.2, 0) is 6.61 Å². The van der Waals surface area contributed by atoms with Crippen LogP contribution in [0.5, 0.6) is 11.5 Å². The fraction of sp³-hybridized carbons (Fsp3) is 0.133. The van der Waals surface area contributed by atoms with E-state index in [0.29, 0.717) is 17.1 Å². The Kier molecular flexibility index (Phi) is 4.20. The fourth-order valence-corrected chi connectivity index (χ4v) is 1.68. The molecule has 0 spiro atoms. The minimum Gasteiger partial charge on any atom is -0.493 e. The van der Waals surface area contributed by atoms with E-state index < -0.39 is 5.91 Å². The van der Waals surface area contributed by atoms with Crippen molar-refractivity contribution in [2.75, 3.05) is 7.11 Å². The Morgan fingerprint density at radius 1 is 1.15 bits per heavy atom. The third-order valence-electron chi connectivity index (χ3n) is 2.76. The third-order valence-corrected chi connectivity index (χ3v) is 2.76. The number of amides is 1. The van der Waals surface area contributed by atoms with E-state index in [1.165, 1.54) is 25.3 Å². The highest BCUT2D eigenvalue weighted by Crippen LogP contribution is 2.28. The van der Waals surface area contributed by atoms with Crippen molar-refractivity contribution in [3.8, 4) is 11.5 Å². The quantitative estimate of drug-likeness (QED) is 0.912. The molecule has 104 valence electrons. The number of ether oxygens (including phenoxy) is 2. The van der Waals surface area contributed by atoms with Gasteiger partial charge in [0.2, 0.25) is 5.91 Å². The maximum Gasteiger partial charge on any atom is 0.248 e. The molecule has 0 unspecified atom stereocenters. The van der Waals surface area contributed by atoms with E-state index in [1.54, 1.807) is 24.3 Å². The Morgan fingerprint density at radius 2 is 1.85 bits per heavy atom. The average Bonchev–Trinajstić information content (AvgIpc) is 2.46. The Balaban J connectivity index is 2.16. The highest BCUT2D eigenvalue weighted by atomic mass is 19.1. The van der Waals surface area contributed by atoms with Crippen LogP contribution in [0.15, 0.2) is 42.5 Å². The first kappa shape index (κ1) is 13.9. The first-order chi connectivity index (χ1) is 9.60. The van der Waals surface area contributed by atoms with Gasteiger partial charge < -0.3 is 15.2 Å². The zero-order chi connectivity index (χ0) is 14.5. The van der Waals surface area contributed by atoms with Crippen LogP contribution in [0.2, 0.25) is 0 Å². The number of nitrogens with two attached hydrogens (primary N) is 1. The van der Waals surface area contributed by atoms with Gasteiger partial charge in [0.05, 0.1) is 7.11 Å². The van der Waals surface area contributed by atoms with Crippen LogP contribution in [0.25, 0.3) is 0 Å². The van der Waals surface area contributed by atoms with Crippen molar-refractivity contribution in [1.29, 1.82) is 0 Å². The summed E-state index contributed by atoms with van der Waals surface area (Å²) >= 11 is 0. The fourth-order valence-electron chi connectivity index (χ4n) is 1.68. The highest BCUT2D eigenvalue weighted by molar-refractivity contribution is 5.93. The molecule has 1 amide bonds. The largest absolute Gasteiger partial charge is 0.493 e. The summed E-state index contributed by atoms with van der Waals surface area (Å²) in [6.07, 6.45) is 0. The summed E-state index contributed by atoms with van der Waals surface area (Å²) in [5.41, 5.74) is 6.36. The lowest BCUT2D eigenvalue weighted by Gasteiger charge is -2.11. The molecule has 0 aliphatic heterocycles. The van der Waals surface area contributed by atoms with Crippen molar-refractivity contribution in [2.24, 2.45) is 5.73 Å². The first-order valence-electron chi connectivity index (χ1n) is 5.95. The second-order valence-electron chi connectivity index (χ2n) is 4.15. The summed E-state index contributed by atoms with van der Waals surface area (Å²) in [5, 5.41) is 0. The number of hydrogen-bond acceptors (Lipinski definition) is 3. The van der Waals surface area contributed by atoms with Gasteiger partial charge in [-0.2, -0.15) is 0 Å². The molecule has 0 bridgehead atoms. The minimum absolute atomic E-state index is 0.235. The summed E-state index contributed by atoms with van der Waals surface area (Å²) in [7, 11) is 1.50. The van der Waals surface area contributed by atoms with Crippen LogP contribution in [-0.4, -0.2) is 13.0 Å². The van der Waals surface area contributed by atoms with Crippen LogP contribution in [0, 0.1) is 5.82 Å². The monoisotopic (exact) mass is 275 g/mol. The molecule has 0 aliphatic rings. The molecule has 20 heavy (non-hydrogen) atoms. The van der Waals surface area contributed by atoms with E-state index in [2.05, 4.69) is 0 Å². The van der Waals surface area contributed by atoms with E-state index in [1.807, 2.05) is 0 Å². The van der Waals surface area contributed by atoms with Gasteiger partial charge in [-0.25, -0.2) is 4.39 Å². The number of rotatable bonds is 5. The maximum atomic E-state index is 12.8. The molecule has 0 heterocycles. The molecule has 4 nitrogen and oxygen atoms in total. The van der Waals surface area contributed by atoms with Crippen molar-refractivity contribution in [2.45, 2.75) is 6.61 Å². The Hall–Kier alpha value is -2.56. The van der Waals surface area contributed by atoms with Gasteiger partial charge in [0, 0.05) is 5.56 Å². The standard InChI is InChI=1S/C15H14FNO3/c1-19-13-7-4-11(15(17)18)8-14(13)20-9-10-2-5-12(16)6-3-10/h2-8H,9H2,1H3,(H2,17,18). The molecule has 2 aromatic rings. The lowest BCUT2D eigenvalue weighted by atomic mass is 10.2. The molecule has 0 saturated carbocycles. The summed E-state index contributed by atoms with van der Waals surface area (Å²) in [6.45, 7) is 0.235. The van der Waals surface area contributed by atoms with Crippen LogP contribution in [0.1, 0.15) is 15.9 Å². The molecule has 0 aliphatic carbocycles. The number of carbonyl (C=O) groups excluding carboxylic acids is 1. The van der Waals surface area contributed by atoms with Gasteiger partial charge in [-0.1, -0.05) is 12.1 Å². The molecule has 0 radical (unpaired) electrons. The van der Waals surface area contributed by atoms with Crippen LogP contribution < -0.4 is 15.2 Å². The molecule has 0 aromatic heterocycles. The van der Waals surface area contributed by atoms with Crippen molar-refractivity contribution in [3.05, 3.63) is 59.4 Å². The van der Waals surface area contributed by atoms with Crippen molar-refractivity contribution in [1.82, 2.24) is 0 Å². The SMILES string of the molecule is COc1ccc(C(N)=O)cc1OCc1ccc(F)cc1. The van der Waals surface area contributed by atoms with Gasteiger partial charge in [0.1, 0.15) is 12.4 Å². The number of methoxy groups -OCH3 is 1. The Morgan fingerprint density at radius 3 is 2.45 bits per heavy atom. The first-order valence-corrected chi connectivity index (χ1v) is 5.95. The van der Waals surface area contributed by atoms with E-state index in [-0.39, 0.29) is 12.4 Å². The molecule has 2 aromatic carbocycles. The van der Waals surface area contributed by atoms with Crippen LogP contribution in [0.4, 0.5) is 4.39 Å². The van der Waals surface area contributed by atoms with Crippen molar-refractivity contribution < 1.29 is 18.7 Å². The maximum absolute atomic E-state index is 12.8. The van der Waals surface area contributed by atoms with Gasteiger partial charge in [-0.3, -0.25) is 4.79 Å². The molecule has 0 atom stereocenters. The predicted molar refractivity (Wildman–Crippen MR) is 72.2 cm³/mol. The van der Waals surface area contributed by atoms with Crippen LogP contribution in [0.3, 0.4) is 0 Å². The van der Waals surface area contributed by atoms with E-state index in [4.69, 9.17) is 15.2 Å². The Labute approximate surface area is 115 Å². The van der Waals surface area contributed by atoms with E-state index >= 15 is 0 Å². The second-order valence-corrected chi connectivity index (χ2v) is 4.15. The summed E-state index contributed by atoms with van der Waals surface area (Å²) in [5.74, 6) is 0.0616. The Bertz CT molecular complexity index is 611. The number of primary amides is 1. The van der Waals surface area contributed by atoms with E-state index in [0.717, 1.165) is 5.56 Å². The molecule has 0 saturated heterocycles. The zero-order valence-corrected chi connectivity index (χ0v) is 10.9. The number of hydrogen-bond donors (Lipinski definition) is 1. The lowest BCUT2D eigenvalue weighted by molar-refractivity contribution is 0.0999. The normalized spacial score (nSPS) is 10.1. The van der Waals surface area contributed by atoms with Gasteiger partial charge in [0.15, 0.2) is 11.5 Å².